The Morgan fingerprint density at radius 3 is 3.00 bits per heavy atom. The van der Waals surface area contributed by atoms with Gasteiger partial charge in [0.1, 0.15) is 17.1 Å². The molecule has 0 atom stereocenters. The van der Waals surface area contributed by atoms with Gasteiger partial charge in [0.2, 0.25) is 0 Å². The monoisotopic (exact) mass is 191 g/mol. The van der Waals surface area contributed by atoms with Gasteiger partial charge in [0, 0.05) is 0 Å². The lowest BCUT2D eigenvalue weighted by atomic mass is 10.2. The van der Waals surface area contributed by atoms with Gasteiger partial charge in [0.25, 0.3) is 0 Å². The van der Waals surface area contributed by atoms with Crippen molar-refractivity contribution in [1.82, 2.24) is 5.32 Å². The first-order valence-electron chi connectivity index (χ1n) is 4.55. The molecule has 0 saturated heterocycles. The van der Waals surface area contributed by atoms with Crippen LogP contribution in [0.1, 0.15) is 5.76 Å². The summed E-state index contributed by atoms with van der Waals surface area (Å²) in [7, 11) is 3.56. The average Bonchev–Trinajstić information content (AvgIpc) is 2.60. The Labute approximate surface area is 82.7 Å². The summed E-state index contributed by atoms with van der Waals surface area (Å²) < 4.78 is 10.8. The quantitative estimate of drug-likeness (QED) is 0.807. The van der Waals surface area contributed by atoms with Crippen LogP contribution >= 0.6 is 0 Å². The molecule has 0 radical (unpaired) electrons. The molecule has 2 aromatic rings. The molecule has 14 heavy (non-hydrogen) atoms. The van der Waals surface area contributed by atoms with Crippen LogP contribution in [0.4, 0.5) is 0 Å². The SMILES string of the molecule is CNCc1cc2c(OC)cccc2o1. The molecule has 0 aliphatic rings. The van der Waals surface area contributed by atoms with E-state index < -0.39 is 0 Å². The fourth-order valence-corrected chi connectivity index (χ4v) is 1.53. The van der Waals surface area contributed by atoms with Crippen LogP contribution in [0.3, 0.4) is 0 Å². The van der Waals surface area contributed by atoms with Gasteiger partial charge >= 0.3 is 0 Å². The Kier molecular flexibility index (Phi) is 2.41. The summed E-state index contributed by atoms with van der Waals surface area (Å²) in [6, 6.07) is 7.80. The van der Waals surface area contributed by atoms with Crippen LogP contribution in [0.2, 0.25) is 0 Å². The highest BCUT2D eigenvalue weighted by molar-refractivity contribution is 5.84. The third kappa shape index (κ3) is 1.46. The summed E-state index contributed by atoms with van der Waals surface area (Å²) in [6.07, 6.45) is 0. The molecular weight excluding hydrogens is 178 g/mol. The summed E-state index contributed by atoms with van der Waals surface area (Å²) in [5, 5.41) is 4.08. The second-order valence-corrected chi connectivity index (χ2v) is 3.12. The number of furan rings is 1. The van der Waals surface area contributed by atoms with Crippen LogP contribution in [-0.2, 0) is 6.54 Å². The maximum absolute atomic E-state index is 5.61. The minimum atomic E-state index is 0.734. The number of ether oxygens (including phenoxy) is 1. The summed E-state index contributed by atoms with van der Waals surface area (Å²) >= 11 is 0. The number of fused-ring (bicyclic) bond motifs is 1. The van der Waals surface area contributed by atoms with Crippen LogP contribution in [0.15, 0.2) is 28.7 Å². The second-order valence-electron chi connectivity index (χ2n) is 3.12. The predicted octanol–water partition coefficient (Wildman–Crippen LogP) is 2.16. The smallest absolute Gasteiger partial charge is 0.138 e. The number of nitrogens with one attached hydrogen (secondary N) is 1. The first-order valence-corrected chi connectivity index (χ1v) is 4.55. The average molecular weight is 191 g/mol. The highest BCUT2D eigenvalue weighted by Gasteiger charge is 2.06. The minimum absolute atomic E-state index is 0.734. The molecule has 3 nitrogen and oxygen atoms in total. The van der Waals surface area contributed by atoms with E-state index in [2.05, 4.69) is 5.32 Å². The highest BCUT2D eigenvalue weighted by Crippen LogP contribution is 2.28. The summed E-state index contributed by atoms with van der Waals surface area (Å²) in [5.41, 5.74) is 0.870. The molecule has 1 heterocycles. The number of methoxy groups -OCH3 is 1. The van der Waals surface area contributed by atoms with E-state index in [0.717, 1.165) is 29.0 Å². The van der Waals surface area contributed by atoms with Gasteiger partial charge in [-0.25, -0.2) is 0 Å². The number of hydrogen-bond acceptors (Lipinski definition) is 3. The molecule has 0 aliphatic heterocycles. The molecule has 1 N–H and O–H groups in total. The molecule has 0 spiro atoms. The number of rotatable bonds is 3. The van der Waals surface area contributed by atoms with Crippen molar-refractivity contribution in [3.63, 3.8) is 0 Å². The van der Waals surface area contributed by atoms with Crippen LogP contribution in [0.5, 0.6) is 5.75 Å². The van der Waals surface area contributed by atoms with Crippen molar-refractivity contribution in [2.45, 2.75) is 6.54 Å². The third-order valence-electron chi connectivity index (χ3n) is 2.14. The van der Waals surface area contributed by atoms with Crippen LogP contribution in [0.25, 0.3) is 11.0 Å². The first-order chi connectivity index (χ1) is 6.85. The minimum Gasteiger partial charge on any atom is -0.496 e. The van der Waals surface area contributed by atoms with Gasteiger partial charge in [-0.3, -0.25) is 0 Å². The second kappa shape index (κ2) is 3.72. The fraction of sp³-hybridized carbons (Fsp3) is 0.273. The van der Waals surface area contributed by atoms with Crippen molar-refractivity contribution in [3.8, 4) is 5.75 Å². The van der Waals surface area contributed by atoms with Crippen molar-refractivity contribution in [2.75, 3.05) is 14.2 Å². The van der Waals surface area contributed by atoms with Gasteiger partial charge in [-0.05, 0) is 25.2 Å². The topological polar surface area (TPSA) is 34.4 Å². The number of benzene rings is 1. The maximum Gasteiger partial charge on any atom is 0.138 e. The van der Waals surface area contributed by atoms with Gasteiger partial charge in [-0.2, -0.15) is 0 Å². The highest BCUT2D eigenvalue weighted by atomic mass is 16.5. The molecule has 2 rings (SSSR count). The van der Waals surface area contributed by atoms with E-state index in [1.165, 1.54) is 0 Å². The lowest BCUT2D eigenvalue weighted by Gasteiger charge is -1.98. The molecule has 3 heteroatoms. The molecule has 0 bridgehead atoms. The van der Waals surface area contributed by atoms with E-state index in [1.807, 2.05) is 31.3 Å². The summed E-state index contributed by atoms with van der Waals surface area (Å²) in [4.78, 5) is 0. The fourth-order valence-electron chi connectivity index (χ4n) is 1.53. The summed E-state index contributed by atoms with van der Waals surface area (Å²) in [6.45, 7) is 0.734. The normalized spacial score (nSPS) is 10.7. The lowest BCUT2D eigenvalue weighted by Crippen LogP contribution is -2.03. The molecule has 0 saturated carbocycles. The summed E-state index contributed by atoms with van der Waals surface area (Å²) in [5.74, 6) is 1.78. The van der Waals surface area contributed by atoms with Crippen molar-refractivity contribution < 1.29 is 9.15 Å². The molecular formula is C11H13NO2. The van der Waals surface area contributed by atoms with Gasteiger partial charge in [-0.15, -0.1) is 0 Å². The zero-order valence-electron chi connectivity index (χ0n) is 8.33. The Morgan fingerprint density at radius 1 is 1.43 bits per heavy atom. The zero-order valence-corrected chi connectivity index (χ0v) is 8.33. The van der Waals surface area contributed by atoms with Gasteiger partial charge in [-0.1, -0.05) is 6.07 Å². The predicted molar refractivity (Wildman–Crippen MR) is 55.5 cm³/mol. The van der Waals surface area contributed by atoms with Gasteiger partial charge in [0.15, 0.2) is 0 Å². The van der Waals surface area contributed by atoms with Gasteiger partial charge in [0.05, 0.1) is 19.0 Å². The van der Waals surface area contributed by atoms with Crippen molar-refractivity contribution >= 4 is 11.0 Å². The molecule has 0 unspecified atom stereocenters. The van der Waals surface area contributed by atoms with Gasteiger partial charge < -0.3 is 14.5 Å². The van der Waals surface area contributed by atoms with E-state index in [4.69, 9.17) is 9.15 Å². The first kappa shape index (κ1) is 9.09. The number of hydrogen-bond donors (Lipinski definition) is 1. The Morgan fingerprint density at radius 2 is 2.29 bits per heavy atom. The Bertz CT molecular complexity index is 434. The van der Waals surface area contributed by atoms with Crippen LogP contribution in [0, 0.1) is 0 Å². The molecule has 0 amide bonds. The van der Waals surface area contributed by atoms with E-state index in [9.17, 15) is 0 Å². The van der Waals surface area contributed by atoms with E-state index in [-0.39, 0.29) is 0 Å². The standard InChI is InChI=1S/C11H13NO2/c1-12-7-8-6-9-10(13-2)4-3-5-11(9)14-8/h3-6,12H,7H2,1-2H3. The largest absolute Gasteiger partial charge is 0.496 e. The van der Waals surface area contributed by atoms with Crippen molar-refractivity contribution in [1.29, 1.82) is 0 Å². The lowest BCUT2D eigenvalue weighted by molar-refractivity contribution is 0.419. The molecule has 1 aromatic heterocycles. The maximum atomic E-state index is 5.61. The molecule has 0 fully saturated rings. The molecule has 0 aliphatic carbocycles. The molecule has 74 valence electrons. The van der Waals surface area contributed by atoms with Crippen molar-refractivity contribution in [2.24, 2.45) is 0 Å². The van der Waals surface area contributed by atoms with Crippen molar-refractivity contribution in [3.05, 3.63) is 30.0 Å². The van der Waals surface area contributed by atoms with E-state index in [0.29, 0.717) is 0 Å². The Balaban J connectivity index is 2.52. The Hall–Kier alpha value is -1.48. The van der Waals surface area contributed by atoms with E-state index in [1.54, 1.807) is 7.11 Å². The zero-order chi connectivity index (χ0) is 9.97. The third-order valence-corrected chi connectivity index (χ3v) is 2.14. The van der Waals surface area contributed by atoms with Crippen LogP contribution < -0.4 is 10.1 Å². The molecule has 1 aromatic carbocycles. The van der Waals surface area contributed by atoms with Crippen LogP contribution in [-0.4, -0.2) is 14.2 Å². The van der Waals surface area contributed by atoms with E-state index >= 15 is 0 Å².